The van der Waals surface area contributed by atoms with Gasteiger partial charge in [-0.15, -0.1) is 0 Å². The van der Waals surface area contributed by atoms with E-state index in [4.69, 9.17) is 0 Å². The lowest BCUT2D eigenvalue weighted by molar-refractivity contribution is 0.967. The van der Waals surface area contributed by atoms with E-state index in [9.17, 15) is 0 Å². The monoisotopic (exact) mass is 199 g/mol. The van der Waals surface area contributed by atoms with Crippen LogP contribution in [0.25, 0.3) is 5.57 Å². The van der Waals surface area contributed by atoms with E-state index in [1.807, 2.05) is 7.05 Å². The minimum Gasteiger partial charge on any atom is -0.388 e. The molecule has 1 aliphatic rings. The van der Waals surface area contributed by atoms with Crippen LogP contribution in [0.3, 0.4) is 0 Å². The first-order valence-corrected chi connectivity index (χ1v) is 5.46. The highest BCUT2D eigenvalue weighted by atomic mass is 14.8. The maximum Gasteiger partial charge on any atom is 0.0417 e. The summed E-state index contributed by atoms with van der Waals surface area (Å²) in [6, 6.07) is 8.47. The average molecular weight is 199 g/mol. The molecule has 0 fully saturated rings. The maximum atomic E-state index is 3.25. The number of benzene rings is 1. The van der Waals surface area contributed by atoms with E-state index in [0.717, 1.165) is 0 Å². The van der Waals surface area contributed by atoms with E-state index in [2.05, 4.69) is 48.7 Å². The molecular formula is C14H17N. The molecule has 0 amide bonds. The van der Waals surface area contributed by atoms with Gasteiger partial charge in [0, 0.05) is 18.3 Å². The number of nitrogens with one attached hydrogen (secondary N) is 1. The number of anilines is 1. The summed E-state index contributed by atoms with van der Waals surface area (Å²) in [7, 11) is 1.97. The highest BCUT2D eigenvalue weighted by Crippen LogP contribution is 2.31. The smallest absolute Gasteiger partial charge is 0.0417 e. The summed E-state index contributed by atoms with van der Waals surface area (Å²) in [4.78, 5) is 0. The highest BCUT2D eigenvalue weighted by molar-refractivity contribution is 5.84. The van der Waals surface area contributed by atoms with E-state index in [-0.39, 0.29) is 0 Å². The summed E-state index contributed by atoms with van der Waals surface area (Å²) >= 11 is 0. The summed E-state index contributed by atoms with van der Waals surface area (Å²) in [5.74, 6) is 0. The molecule has 0 heterocycles. The van der Waals surface area contributed by atoms with Crippen molar-refractivity contribution in [3.8, 4) is 0 Å². The van der Waals surface area contributed by atoms with Crippen LogP contribution in [-0.2, 0) is 0 Å². The second kappa shape index (κ2) is 4.35. The summed E-state index contributed by atoms with van der Waals surface area (Å²) < 4.78 is 0. The van der Waals surface area contributed by atoms with Gasteiger partial charge in [-0.3, -0.25) is 0 Å². The number of hydrogen-bond donors (Lipinski definition) is 1. The second-order valence-corrected chi connectivity index (χ2v) is 3.93. The Balaban J connectivity index is 2.49. The SMILES string of the molecule is CNc1ccccc1C1=C(C)CCC=C1. The molecule has 0 atom stereocenters. The first-order valence-electron chi connectivity index (χ1n) is 5.46. The normalized spacial score (nSPS) is 15.6. The van der Waals surface area contributed by atoms with Gasteiger partial charge in [-0.05, 0) is 31.4 Å². The summed E-state index contributed by atoms with van der Waals surface area (Å²) in [6.07, 6.45) is 6.87. The molecule has 0 saturated heterocycles. The van der Waals surface area contributed by atoms with Gasteiger partial charge >= 0.3 is 0 Å². The molecule has 78 valence electrons. The molecule has 0 bridgehead atoms. The first kappa shape index (κ1) is 10.0. The van der Waals surface area contributed by atoms with Crippen LogP contribution in [0.5, 0.6) is 0 Å². The van der Waals surface area contributed by atoms with Crippen molar-refractivity contribution in [3.05, 3.63) is 47.6 Å². The van der Waals surface area contributed by atoms with Crippen molar-refractivity contribution < 1.29 is 0 Å². The van der Waals surface area contributed by atoms with Gasteiger partial charge in [-0.25, -0.2) is 0 Å². The largest absolute Gasteiger partial charge is 0.388 e. The predicted octanol–water partition coefficient (Wildman–Crippen LogP) is 3.85. The molecule has 1 N–H and O–H groups in total. The Morgan fingerprint density at radius 3 is 2.73 bits per heavy atom. The van der Waals surface area contributed by atoms with E-state index < -0.39 is 0 Å². The molecule has 1 heteroatoms. The lowest BCUT2D eigenvalue weighted by atomic mass is 9.92. The number of allylic oxidation sites excluding steroid dienone is 4. The Kier molecular flexibility index (Phi) is 2.91. The predicted molar refractivity (Wildman–Crippen MR) is 67.0 cm³/mol. The van der Waals surface area contributed by atoms with Crippen molar-refractivity contribution in [3.63, 3.8) is 0 Å². The highest BCUT2D eigenvalue weighted by Gasteiger charge is 2.09. The fourth-order valence-corrected chi connectivity index (χ4v) is 2.03. The van der Waals surface area contributed by atoms with Crippen LogP contribution >= 0.6 is 0 Å². The number of para-hydroxylation sites is 1. The minimum absolute atomic E-state index is 1.18. The molecule has 0 unspecified atom stereocenters. The molecule has 15 heavy (non-hydrogen) atoms. The van der Waals surface area contributed by atoms with E-state index in [1.54, 1.807) is 0 Å². The van der Waals surface area contributed by atoms with Crippen molar-refractivity contribution >= 4 is 11.3 Å². The molecule has 1 aliphatic carbocycles. The summed E-state index contributed by atoms with van der Waals surface area (Å²) in [5.41, 5.74) is 5.39. The molecular weight excluding hydrogens is 182 g/mol. The zero-order chi connectivity index (χ0) is 10.7. The van der Waals surface area contributed by atoms with Crippen molar-refractivity contribution in [2.24, 2.45) is 0 Å². The van der Waals surface area contributed by atoms with Gasteiger partial charge in [0.25, 0.3) is 0 Å². The Labute approximate surface area is 91.5 Å². The molecule has 0 saturated carbocycles. The standard InChI is InChI=1S/C14H17N/c1-11-7-3-4-8-12(11)13-9-5-6-10-14(13)15-2/h4-6,8-10,15H,3,7H2,1-2H3. The fraction of sp³-hybridized carbons (Fsp3) is 0.286. The van der Waals surface area contributed by atoms with Crippen LogP contribution < -0.4 is 5.32 Å². The topological polar surface area (TPSA) is 12.0 Å². The number of hydrogen-bond acceptors (Lipinski definition) is 1. The van der Waals surface area contributed by atoms with E-state index >= 15 is 0 Å². The Morgan fingerprint density at radius 2 is 2.00 bits per heavy atom. The average Bonchev–Trinajstić information content (AvgIpc) is 2.30. The van der Waals surface area contributed by atoms with Gasteiger partial charge in [0.1, 0.15) is 0 Å². The molecule has 1 aromatic carbocycles. The van der Waals surface area contributed by atoms with Crippen LogP contribution in [0, 0.1) is 0 Å². The van der Waals surface area contributed by atoms with Gasteiger partial charge in [-0.2, -0.15) is 0 Å². The Bertz CT molecular complexity index is 413. The second-order valence-electron chi connectivity index (χ2n) is 3.93. The van der Waals surface area contributed by atoms with Crippen LogP contribution in [0.4, 0.5) is 5.69 Å². The molecule has 0 spiro atoms. The van der Waals surface area contributed by atoms with Gasteiger partial charge in [0.2, 0.25) is 0 Å². The molecule has 1 aromatic rings. The van der Waals surface area contributed by atoms with Crippen molar-refractivity contribution in [2.75, 3.05) is 12.4 Å². The van der Waals surface area contributed by atoms with Gasteiger partial charge in [-0.1, -0.05) is 35.9 Å². The van der Waals surface area contributed by atoms with Gasteiger partial charge in [0.05, 0.1) is 0 Å². The van der Waals surface area contributed by atoms with Crippen LogP contribution in [-0.4, -0.2) is 7.05 Å². The quantitative estimate of drug-likeness (QED) is 0.762. The van der Waals surface area contributed by atoms with Crippen molar-refractivity contribution in [2.45, 2.75) is 19.8 Å². The Hall–Kier alpha value is -1.50. The fourth-order valence-electron chi connectivity index (χ4n) is 2.03. The third-order valence-corrected chi connectivity index (χ3v) is 2.92. The van der Waals surface area contributed by atoms with Crippen molar-refractivity contribution in [1.82, 2.24) is 0 Å². The molecule has 1 nitrogen and oxygen atoms in total. The van der Waals surface area contributed by atoms with Crippen molar-refractivity contribution in [1.29, 1.82) is 0 Å². The zero-order valence-electron chi connectivity index (χ0n) is 9.38. The van der Waals surface area contributed by atoms with Crippen LogP contribution in [0.2, 0.25) is 0 Å². The van der Waals surface area contributed by atoms with E-state index in [0.29, 0.717) is 0 Å². The summed E-state index contributed by atoms with van der Waals surface area (Å²) in [5, 5.41) is 3.25. The molecule has 2 rings (SSSR count). The van der Waals surface area contributed by atoms with Crippen LogP contribution in [0.1, 0.15) is 25.3 Å². The van der Waals surface area contributed by atoms with E-state index in [1.165, 1.54) is 35.2 Å². The molecule has 0 aromatic heterocycles. The molecule has 0 aliphatic heterocycles. The minimum atomic E-state index is 1.18. The maximum absolute atomic E-state index is 3.25. The number of rotatable bonds is 2. The third kappa shape index (κ3) is 1.96. The van der Waals surface area contributed by atoms with Gasteiger partial charge < -0.3 is 5.32 Å². The molecule has 0 radical (unpaired) electrons. The first-order chi connectivity index (χ1) is 7.33. The summed E-state index contributed by atoms with van der Waals surface area (Å²) in [6.45, 7) is 2.23. The van der Waals surface area contributed by atoms with Crippen LogP contribution in [0.15, 0.2) is 42.0 Å². The zero-order valence-corrected chi connectivity index (χ0v) is 9.38. The third-order valence-electron chi connectivity index (χ3n) is 2.92. The lowest BCUT2D eigenvalue weighted by Crippen LogP contribution is -1.97. The van der Waals surface area contributed by atoms with Gasteiger partial charge in [0.15, 0.2) is 0 Å². The Morgan fingerprint density at radius 1 is 1.20 bits per heavy atom. The lowest BCUT2D eigenvalue weighted by Gasteiger charge is -2.16.